The lowest BCUT2D eigenvalue weighted by Gasteiger charge is -2.10. The highest BCUT2D eigenvalue weighted by Gasteiger charge is 2.13. The van der Waals surface area contributed by atoms with Gasteiger partial charge in [-0.05, 0) is 18.6 Å². The van der Waals surface area contributed by atoms with E-state index >= 15 is 0 Å². The van der Waals surface area contributed by atoms with Gasteiger partial charge in [0.2, 0.25) is 0 Å². The van der Waals surface area contributed by atoms with Crippen LogP contribution in [0.4, 0.5) is 5.82 Å². The van der Waals surface area contributed by atoms with Crippen molar-refractivity contribution < 1.29 is 4.79 Å². The molecule has 0 bridgehead atoms. The highest BCUT2D eigenvalue weighted by molar-refractivity contribution is 6.42. The molecule has 0 spiro atoms. The standard InChI is InChI=1S/C16H15Cl2N5O/c1-2-22-9-12(8-20-22)16(24)21-14-6-7-19-23(14)10-11-4-3-5-13(17)15(11)18/h3-9H,2,10H2,1H3,(H,21,24). The fourth-order valence-electron chi connectivity index (χ4n) is 2.24. The van der Waals surface area contributed by atoms with Gasteiger partial charge >= 0.3 is 0 Å². The lowest BCUT2D eigenvalue weighted by Crippen LogP contribution is -2.16. The summed E-state index contributed by atoms with van der Waals surface area (Å²) in [5.74, 6) is 0.328. The average Bonchev–Trinajstić information content (AvgIpc) is 3.21. The van der Waals surface area contributed by atoms with Gasteiger partial charge < -0.3 is 5.32 Å². The zero-order valence-corrected chi connectivity index (χ0v) is 14.4. The molecule has 2 heterocycles. The Bertz CT molecular complexity index is 871. The minimum atomic E-state index is -0.242. The van der Waals surface area contributed by atoms with Crippen molar-refractivity contribution in [2.75, 3.05) is 5.32 Å². The van der Waals surface area contributed by atoms with Gasteiger partial charge in [-0.1, -0.05) is 35.3 Å². The number of nitrogens with one attached hydrogen (secondary N) is 1. The minimum absolute atomic E-state index is 0.242. The lowest BCUT2D eigenvalue weighted by atomic mass is 10.2. The van der Waals surface area contributed by atoms with Crippen molar-refractivity contribution in [1.82, 2.24) is 19.6 Å². The summed E-state index contributed by atoms with van der Waals surface area (Å²) in [7, 11) is 0. The Balaban J connectivity index is 1.78. The van der Waals surface area contributed by atoms with Crippen LogP contribution in [0.2, 0.25) is 10.0 Å². The first-order valence-corrected chi connectivity index (χ1v) is 8.12. The van der Waals surface area contributed by atoms with Crippen LogP contribution in [0.5, 0.6) is 0 Å². The summed E-state index contributed by atoms with van der Waals surface area (Å²) in [5, 5.41) is 12.1. The Morgan fingerprint density at radius 2 is 2.08 bits per heavy atom. The van der Waals surface area contributed by atoms with Gasteiger partial charge in [-0.2, -0.15) is 10.2 Å². The number of anilines is 1. The number of carbonyl (C=O) groups excluding carboxylic acids is 1. The average molecular weight is 364 g/mol. The van der Waals surface area contributed by atoms with Crippen molar-refractivity contribution in [3.8, 4) is 0 Å². The summed E-state index contributed by atoms with van der Waals surface area (Å²) in [5.41, 5.74) is 1.31. The predicted octanol–water partition coefficient (Wildman–Crippen LogP) is 3.71. The molecule has 24 heavy (non-hydrogen) atoms. The molecule has 3 rings (SSSR count). The van der Waals surface area contributed by atoms with E-state index in [0.717, 1.165) is 5.56 Å². The second kappa shape index (κ2) is 7.07. The van der Waals surface area contributed by atoms with Crippen LogP contribution in [0.3, 0.4) is 0 Å². The zero-order chi connectivity index (χ0) is 17.1. The lowest BCUT2D eigenvalue weighted by molar-refractivity contribution is 0.102. The summed E-state index contributed by atoms with van der Waals surface area (Å²) < 4.78 is 3.34. The SMILES string of the molecule is CCn1cc(C(=O)Nc2ccnn2Cc2cccc(Cl)c2Cl)cn1. The van der Waals surface area contributed by atoms with Crippen molar-refractivity contribution >= 4 is 34.9 Å². The van der Waals surface area contributed by atoms with Gasteiger partial charge in [-0.3, -0.25) is 9.48 Å². The maximum atomic E-state index is 12.3. The number of hydrogen-bond donors (Lipinski definition) is 1. The monoisotopic (exact) mass is 363 g/mol. The fraction of sp³-hybridized carbons (Fsp3) is 0.188. The van der Waals surface area contributed by atoms with Gasteiger partial charge in [-0.25, -0.2) is 4.68 Å². The summed E-state index contributed by atoms with van der Waals surface area (Å²) in [4.78, 5) is 12.3. The molecular formula is C16H15Cl2N5O. The molecule has 2 aromatic heterocycles. The first-order chi connectivity index (χ1) is 11.6. The van der Waals surface area contributed by atoms with E-state index in [4.69, 9.17) is 23.2 Å². The maximum absolute atomic E-state index is 12.3. The minimum Gasteiger partial charge on any atom is -0.307 e. The number of aryl methyl sites for hydroxylation is 1. The molecule has 1 N–H and O–H groups in total. The normalized spacial score (nSPS) is 10.8. The van der Waals surface area contributed by atoms with E-state index in [-0.39, 0.29) is 5.91 Å². The van der Waals surface area contributed by atoms with Crippen molar-refractivity contribution in [2.45, 2.75) is 20.0 Å². The summed E-state index contributed by atoms with van der Waals surface area (Å²) in [6.45, 7) is 3.06. The Kier molecular flexibility index (Phi) is 4.87. The molecule has 6 nitrogen and oxygen atoms in total. The highest BCUT2D eigenvalue weighted by Crippen LogP contribution is 2.26. The molecule has 0 aliphatic heterocycles. The van der Waals surface area contributed by atoms with Crippen LogP contribution in [-0.4, -0.2) is 25.5 Å². The van der Waals surface area contributed by atoms with Gasteiger partial charge in [-0.15, -0.1) is 0 Å². The topological polar surface area (TPSA) is 64.7 Å². The van der Waals surface area contributed by atoms with Crippen molar-refractivity contribution in [2.24, 2.45) is 0 Å². The molecule has 124 valence electrons. The van der Waals surface area contributed by atoms with E-state index in [2.05, 4.69) is 15.5 Å². The van der Waals surface area contributed by atoms with Crippen LogP contribution in [0.1, 0.15) is 22.8 Å². The number of aromatic nitrogens is 4. The first kappa shape index (κ1) is 16.5. The summed E-state index contributed by atoms with van der Waals surface area (Å²) in [6.07, 6.45) is 4.85. The zero-order valence-electron chi connectivity index (χ0n) is 12.9. The van der Waals surface area contributed by atoms with Crippen LogP contribution in [0.15, 0.2) is 42.9 Å². The van der Waals surface area contributed by atoms with Crippen LogP contribution < -0.4 is 5.32 Å². The first-order valence-electron chi connectivity index (χ1n) is 7.37. The third-order valence-corrected chi connectivity index (χ3v) is 4.39. The van der Waals surface area contributed by atoms with Gasteiger partial charge in [0.1, 0.15) is 5.82 Å². The fourth-order valence-corrected chi connectivity index (χ4v) is 2.62. The molecule has 0 aliphatic carbocycles. The molecule has 1 aromatic carbocycles. The molecule has 0 saturated heterocycles. The van der Waals surface area contributed by atoms with E-state index in [1.807, 2.05) is 19.1 Å². The smallest absolute Gasteiger partial charge is 0.259 e. The molecule has 1 amide bonds. The Morgan fingerprint density at radius 3 is 2.83 bits per heavy atom. The molecule has 0 atom stereocenters. The van der Waals surface area contributed by atoms with Crippen molar-refractivity contribution in [3.05, 3.63) is 64.0 Å². The van der Waals surface area contributed by atoms with E-state index in [1.54, 1.807) is 33.9 Å². The van der Waals surface area contributed by atoms with E-state index in [1.165, 1.54) is 6.20 Å². The largest absolute Gasteiger partial charge is 0.307 e. The van der Waals surface area contributed by atoms with Gasteiger partial charge in [0, 0.05) is 18.8 Å². The molecule has 0 fully saturated rings. The molecule has 0 radical (unpaired) electrons. The quantitative estimate of drug-likeness (QED) is 0.751. The van der Waals surface area contributed by atoms with E-state index in [9.17, 15) is 4.79 Å². The van der Waals surface area contributed by atoms with Crippen LogP contribution >= 0.6 is 23.2 Å². The van der Waals surface area contributed by atoms with Crippen molar-refractivity contribution in [1.29, 1.82) is 0 Å². The van der Waals surface area contributed by atoms with Gasteiger partial charge in [0.05, 0.1) is 34.5 Å². The second-order valence-corrected chi connectivity index (χ2v) is 5.91. The summed E-state index contributed by atoms with van der Waals surface area (Å²) >= 11 is 12.2. The van der Waals surface area contributed by atoms with Crippen LogP contribution in [0, 0.1) is 0 Å². The number of halogens is 2. The molecule has 0 saturated carbocycles. The number of nitrogens with zero attached hydrogens (tertiary/aromatic N) is 4. The third kappa shape index (κ3) is 3.44. The number of hydrogen-bond acceptors (Lipinski definition) is 3. The van der Waals surface area contributed by atoms with E-state index < -0.39 is 0 Å². The van der Waals surface area contributed by atoms with E-state index in [0.29, 0.717) is 34.5 Å². The van der Waals surface area contributed by atoms with Crippen LogP contribution in [0.25, 0.3) is 0 Å². The molecule has 0 aliphatic rings. The Hall–Kier alpha value is -2.31. The molecule has 8 heteroatoms. The molecule has 3 aromatic rings. The highest BCUT2D eigenvalue weighted by atomic mass is 35.5. The number of carbonyl (C=O) groups is 1. The third-order valence-electron chi connectivity index (χ3n) is 3.53. The van der Waals surface area contributed by atoms with Crippen LogP contribution in [-0.2, 0) is 13.1 Å². The second-order valence-electron chi connectivity index (χ2n) is 5.13. The molecule has 0 unspecified atom stereocenters. The maximum Gasteiger partial charge on any atom is 0.259 e. The number of benzene rings is 1. The van der Waals surface area contributed by atoms with Gasteiger partial charge in [0.25, 0.3) is 5.91 Å². The molecular weight excluding hydrogens is 349 g/mol. The predicted molar refractivity (Wildman–Crippen MR) is 93.6 cm³/mol. The Morgan fingerprint density at radius 1 is 1.25 bits per heavy atom. The van der Waals surface area contributed by atoms with Crippen molar-refractivity contribution in [3.63, 3.8) is 0 Å². The number of rotatable bonds is 5. The number of amides is 1. The van der Waals surface area contributed by atoms with Gasteiger partial charge in [0.15, 0.2) is 0 Å². The Labute approximate surface area is 149 Å². The summed E-state index contributed by atoms with van der Waals surface area (Å²) in [6, 6.07) is 7.14.